The van der Waals surface area contributed by atoms with E-state index in [9.17, 15) is 9.18 Å². The molecule has 0 radical (unpaired) electrons. The second kappa shape index (κ2) is 5.61. The maximum absolute atomic E-state index is 13.9. The number of benzene rings is 2. The van der Waals surface area contributed by atoms with Gasteiger partial charge in [0.2, 0.25) is 0 Å². The van der Waals surface area contributed by atoms with Gasteiger partial charge >= 0.3 is 0 Å². The number of allylic oxidation sites excluding steroid dienone is 1. The first-order chi connectivity index (χ1) is 9.17. The van der Waals surface area contributed by atoms with Crippen molar-refractivity contribution in [3.05, 3.63) is 76.6 Å². The van der Waals surface area contributed by atoms with E-state index < -0.39 is 0 Å². The Morgan fingerprint density at radius 3 is 2.42 bits per heavy atom. The zero-order chi connectivity index (χ0) is 13.8. The number of hydrogen-bond donors (Lipinski definition) is 0. The molecule has 96 valence electrons. The van der Waals surface area contributed by atoms with Crippen molar-refractivity contribution < 1.29 is 9.18 Å². The number of rotatable bonds is 3. The second-order valence-corrected chi connectivity index (χ2v) is 4.37. The van der Waals surface area contributed by atoms with Gasteiger partial charge in [-0.05, 0) is 42.7 Å². The lowest BCUT2D eigenvalue weighted by Crippen LogP contribution is -1.95. The summed E-state index contributed by atoms with van der Waals surface area (Å²) in [5.41, 5.74) is 3.95. The van der Waals surface area contributed by atoms with Gasteiger partial charge in [0.1, 0.15) is 12.1 Å². The summed E-state index contributed by atoms with van der Waals surface area (Å²) < 4.78 is 13.9. The van der Waals surface area contributed by atoms with Gasteiger partial charge in [0.25, 0.3) is 0 Å². The lowest BCUT2D eigenvalue weighted by molar-refractivity contribution is 0.112. The van der Waals surface area contributed by atoms with Crippen LogP contribution in [0.4, 0.5) is 4.39 Å². The molecule has 0 fully saturated rings. The van der Waals surface area contributed by atoms with Crippen LogP contribution in [-0.4, -0.2) is 6.29 Å². The van der Waals surface area contributed by atoms with Crippen LogP contribution >= 0.6 is 0 Å². The molecule has 2 heteroatoms. The average Bonchev–Trinajstić information content (AvgIpc) is 2.43. The smallest absolute Gasteiger partial charge is 0.150 e. The standard InChI is InChI=1S/C17H15FO/c1-3-14(16-6-4-5-7-17(16)18)15-9-8-13(11-19)10-12(15)2/h3-11H,1-2H3/b14-3+. The van der Waals surface area contributed by atoms with Crippen LogP contribution in [0.3, 0.4) is 0 Å². The highest BCUT2D eigenvalue weighted by Gasteiger charge is 2.11. The zero-order valence-corrected chi connectivity index (χ0v) is 11.0. The molecule has 0 aliphatic heterocycles. The van der Waals surface area contributed by atoms with Crippen LogP contribution in [0, 0.1) is 12.7 Å². The van der Waals surface area contributed by atoms with Crippen molar-refractivity contribution in [1.82, 2.24) is 0 Å². The zero-order valence-electron chi connectivity index (χ0n) is 11.0. The SMILES string of the molecule is C/C=C(\c1ccc(C=O)cc1C)c1ccccc1F. The van der Waals surface area contributed by atoms with Crippen LogP contribution in [0.5, 0.6) is 0 Å². The topological polar surface area (TPSA) is 17.1 Å². The molecule has 0 saturated heterocycles. The minimum absolute atomic E-state index is 0.241. The maximum Gasteiger partial charge on any atom is 0.150 e. The largest absolute Gasteiger partial charge is 0.298 e. The third-order valence-corrected chi connectivity index (χ3v) is 3.13. The Labute approximate surface area is 112 Å². The summed E-state index contributed by atoms with van der Waals surface area (Å²) in [6.45, 7) is 3.81. The number of aryl methyl sites for hydroxylation is 1. The quantitative estimate of drug-likeness (QED) is 0.742. The summed E-state index contributed by atoms with van der Waals surface area (Å²) >= 11 is 0. The summed E-state index contributed by atoms with van der Waals surface area (Å²) in [5.74, 6) is -0.241. The molecular weight excluding hydrogens is 239 g/mol. The van der Waals surface area contributed by atoms with Crippen LogP contribution in [0.25, 0.3) is 5.57 Å². The van der Waals surface area contributed by atoms with E-state index in [-0.39, 0.29) is 5.82 Å². The first-order valence-electron chi connectivity index (χ1n) is 6.14. The van der Waals surface area contributed by atoms with Crippen molar-refractivity contribution >= 4 is 11.9 Å². The summed E-state index contributed by atoms with van der Waals surface area (Å²) in [6, 6.07) is 12.1. The van der Waals surface area contributed by atoms with Gasteiger partial charge in [0, 0.05) is 11.1 Å². The van der Waals surface area contributed by atoms with Gasteiger partial charge in [-0.3, -0.25) is 4.79 Å². The molecule has 19 heavy (non-hydrogen) atoms. The molecule has 0 aliphatic carbocycles. The lowest BCUT2D eigenvalue weighted by atomic mass is 9.93. The molecule has 0 aliphatic rings. The lowest BCUT2D eigenvalue weighted by Gasteiger charge is -2.12. The summed E-state index contributed by atoms with van der Waals surface area (Å²) in [4.78, 5) is 10.8. The van der Waals surface area contributed by atoms with E-state index in [2.05, 4.69) is 0 Å². The van der Waals surface area contributed by atoms with Crippen molar-refractivity contribution in [1.29, 1.82) is 0 Å². The normalized spacial score (nSPS) is 11.4. The highest BCUT2D eigenvalue weighted by Crippen LogP contribution is 2.28. The number of aldehydes is 1. The van der Waals surface area contributed by atoms with Crippen molar-refractivity contribution in [2.24, 2.45) is 0 Å². The van der Waals surface area contributed by atoms with Gasteiger partial charge in [-0.15, -0.1) is 0 Å². The Morgan fingerprint density at radius 2 is 1.84 bits per heavy atom. The minimum atomic E-state index is -0.241. The summed E-state index contributed by atoms with van der Waals surface area (Å²) in [5, 5.41) is 0. The van der Waals surface area contributed by atoms with Gasteiger partial charge in [0.05, 0.1) is 0 Å². The van der Waals surface area contributed by atoms with Crippen LogP contribution in [-0.2, 0) is 0 Å². The van der Waals surface area contributed by atoms with E-state index in [1.54, 1.807) is 18.2 Å². The Balaban J connectivity index is 2.56. The van der Waals surface area contributed by atoms with E-state index in [1.807, 2.05) is 38.1 Å². The minimum Gasteiger partial charge on any atom is -0.298 e. The molecule has 0 heterocycles. The highest BCUT2D eigenvalue weighted by atomic mass is 19.1. The van der Waals surface area contributed by atoms with Gasteiger partial charge in [0.15, 0.2) is 0 Å². The third-order valence-electron chi connectivity index (χ3n) is 3.13. The molecular formula is C17H15FO. The Hall–Kier alpha value is -2.22. The first-order valence-corrected chi connectivity index (χ1v) is 6.14. The third kappa shape index (κ3) is 2.63. The molecule has 0 aromatic heterocycles. The molecule has 0 atom stereocenters. The van der Waals surface area contributed by atoms with E-state index in [0.717, 1.165) is 23.0 Å². The number of carbonyl (C=O) groups is 1. The summed E-state index contributed by atoms with van der Waals surface area (Å²) in [7, 11) is 0. The summed E-state index contributed by atoms with van der Waals surface area (Å²) in [6.07, 6.45) is 2.70. The number of halogens is 1. The molecule has 1 nitrogen and oxygen atoms in total. The number of hydrogen-bond acceptors (Lipinski definition) is 1. The van der Waals surface area contributed by atoms with Gasteiger partial charge in [-0.1, -0.05) is 36.4 Å². The molecule has 0 spiro atoms. The molecule has 2 aromatic carbocycles. The Morgan fingerprint density at radius 1 is 1.11 bits per heavy atom. The second-order valence-electron chi connectivity index (χ2n) is 4.37. The molecule has 0 saturated carbocycles. The molecule has 2 aromatic rings. The molecule has 0 unspecified atom stereocenters. The monoisotopic (exact) mass is 254 g/mol. The van der Waals surface area contributed by atoms with Crippen LogP contribution < -0.4 is 0 Å². The van der Waals surface area contributed by atoms with E-state index >= 15 is 0 Å². The molecule has 2 rings (SSSR count). The molecule has 0 bridgehead atoms. The number of carbonyl (C=O) groups excluding carboxylic acids is 1. The van der Waals surface area contributed by atoms with E-state index in [0.29, 0.717) is 11.1 Å². The van der Waals surface area contributed by atoms with Crippen LogP contribution in [0.1, 0.15) is 34.0 Å². The first kappa shape index (κ1) is 13.2. The predicted octanol–water partition coefficient (Wildman–Crippen LogP) is 4.40. The molecule has 0 amide bonds. The fourth-order valence-electron chi connectivity index (χ4n) is 2.20. The van der Waals surface area contributed by atoms with Gasteiger partial charge in [-0.2, -0.15) is 0 Å². The van der Waals surface area contributed by atoms with Crippen LogP contribution in [0.2, 0.25) is 0 Å². The average molecular weight is 254 g/mol. The predicted molar refractivity (Wildman–Crippen MR) is 75.7 cm³/mol. The van der Waals surface area contributed by atoms with Crippen molar-refractivity contribution in [2.75, 3.05) is 0 Å². The van der Waals surface area contributed by atoms with E-state index in [4.69, 9.17) is 0 Å². The van der Waals surface area contributed by atoms with Crippen molar-refractivity contribution in [3.8, 4) is 0 Å². The van der Waals surface area contributed by atoms with Crippen LogP contribution in [0.15, 0.2) is 48.5 Å². The molecule has 0 N–H and O–H groups in total. The fourth-order valence-corrected chi connectivity index (χ4v) is 2.20. The van der Waals surface area contributed by atoms with Gasteiger partial charge in [-0.25, -0.2) is 4.39 Å². The Bertz CT molecular complexity index is 641. The Kier molecular flexibility index (Phi) is 3.91. The highest BCUT2D eigenvalue weighted by molar-refractivity contribution is 5.83. The fraction of sp³-hybridized carbons (Fsp3) is 0.118. The maximum atomic E-state index is 13.9. The van der Waals surface area contributed by atoms with Crippen molar-refractivity contribution in [3.63, 3.8) is 0 Å². The van der Waals surface area contributed by atoms with Crippen molar-refractivity contribution in [2.45, 2.75) is 13.8 Å². The van der Waals surface area contributed by atoms with Gasteiger partial charge < -0.3 is 0 Å². The van der Waals surface area contributed by atoms with E-state index in [1.165, 1.54) is 6.07 Å².